The van der Waals surface area contributed by atoms with Crippen molar-refractivity contribution in [2.75, 3.05) is 13.1 Å². The van der Waals surface area contributed by atoms with Crippen molar-refractivity contribution in [3.05, 3.63) is 77.0 Å². The molecule has 0 atom stereocenters. The molecule has 0 aliphatic carbocycles. The molecule has 0 aliphatic rings. The number of amides is 1. The van der Waals surface area contributed by atoms with Gasteiger partial charge in [0.05, 0.1) is 0 Å². The minimum atomic E-state index is -5.08. The fourth-order valence-corrected chi connectivity index (χ4v) is 3.34. The predicted octanol–water partition coefficient (Wildman–Crippen LogP) is 4.49. The Morgan fingerprint density at radius 2 is 1.72 bits per heavy atom. The first-order valence-electron chi connectivity index (χ1n) is 11.5. The van der Waals surface area contributed by atoms with Crippen LogP contribution in [0.3, 0.4) is 0 Å². The summed E-state index contributed by atoms with van der Waals surface area (Å²) in [4.78, 5) is 24.0. The highest BCUT2D eigenvalue weighted by Gasteiger charge is 2.38. The minimum Gasteiger partial charge on any atom is -0.475 e. The van der Waals surface area contributed by atoms with Gasteiger partial charge in [-0.15, -0.1) is 0 Å². The SMILES string of the molecule is CCCNNC(=O)/C=C/c1ccc(CNCCc2c(C)[nH]c3ccccc23)cc1.O=C(O)C(F)(F)F. The second-order valence-electron chi connectivity index (χ2n) is 7.99. The van der Waals surface area contributed by atoms with Crippen molar-refractivity contribution < 1.29 is 27.9 Å². The summed E-state index contributed by atoms with van der Waals surface area (Å²) >= 11 is 0. The Bertz CT molecular complexity index is 1160. The number of rotatable bonds is 10. The molecule has 0 unspecified atom stereocenters. The number of aromatic nitrogens is 1. The van der Waals surface area contributed by atoms with E-state index in [1.54, 1.807) is 6.08 Å². The number of aryl methyl sites for hydroxylation is 1. The Morgan fingerprint density at radius 1 is 1.06 bits per heavy atom. The van der Waals surface area contributed by atoms with Crippen LogP contribution in [0.4, 0.5) is 13.2 Å². The molecule has 3 rings (SSSR count). The molecule has 36 heavy (non-hydrogen) atoms. The highest BCUT2D eigenvalue weighted by Crippen LogP contribution is 2.22. The first-order valence-corrected chi connectivity index (χ1v) is 11.5. The van der Waals surface area contributed by atoms with Crippen molar-refractivity contribution in [3.63, 3.8) is 0 Å². The lowest BCUT2D eigenvalue weighted by Crippen LogP contribution is -2.36. The van der Waals surface area contributed by atoms with Crippen LogP contribution in [-0.2, 0) is 22.6 Å². The van der Waals surface area contributed by atoms with Crippen LogP contribution in [0.2, 0.25) is 0 Å². The molecule has 1 amide bonds. The minimum absolute atomic E-state index is 0.142. The van der Waals surface area contributed by atoms with Gasteiger partial charge >= 0.3 is 12.1 Å². The number of benzene rings is 2. The Balaban J connectivity index is 0.000000572. The zero-order valence-electron chi connectivity index (χ0n) is 20.2. The number of para-hydroxylation sites is 1. The molecule has 0 spiro atoms. The maximum atomic E-state index is 11.7. The molecule has 0 bridgehead atoms. The number of H-pyrrole nitrogens is 1. The number of carboxylic acid groups (broad SMARTS) is 1. The number of hydrogen-bond donors (Lipinski definition) is 5. The van der Waals surface area contributed by atoms with Gasteiger partial charge in [0, 0.05) is 35.8 Å². The summed E-state index contributed by atoms with van der Waals surface area (Å²) in [7, 11) is 0. The van der Waals surface area contributed by atoms with Gasteiger partial charge in [0.2, 0.25) is 0 Å². The van der Waals surface area contributed by atoms with E-state index >= 15 is 0 Å². The van der Waals surface area contributed by atoms with E-state index in [-0.39, 0.29) is 5.91 Å². The number of hydrogen-bond acceptors (Lipinski definition) is 4. The molecule has 0 radical (unpaired) electrons. The van der Waals surface area contributed by atoms with Crippen LogP contribution in [0.25, 0.3) is 17.0 Å². The Morgan fingerprint density at radius 3 is 2.36 bits per heavy atom. The Hall–Kier alpha value is -3.63. The normalized spacial score (nSPS) is 11.4. The molecule has 5 N–H and O–H groups in total. The van der Waals surface area contributed by atoms with E-state index in [1.807, 2.05) is 18.2 Å². The largest absolute Gasteiger partial charge is 0.490 e. The van der Waals surface area contributed by atoms with Gasteiger partial charge in [-0.1, -0.05) is 49.4 Å². The van der Waals surface area contributed by atoms with Crippen molar-refractivity contribution in [2.45, 2.75) is 39.4 Å². The third-order valence-electron chi connectivity index (χ3n) is 5.14. The molecule has 1 aromatic heterocycles. The second kappa shape index (κ2) is 14.1. The van der Waals surface area contributed by atoms with Gasteiger partial charge in [0.25, 0.3) is 5.91 Å². The van der Waals surface area contributed by atoms with Crippen molar-refractivity contribution >= 4 is 28.9 Å². The van der Waals surface area contributed by atoms with Gasteiger partial charge in [-0.05, 0) is 55.1 Å². The fourth-order valence-electron chi connectivity index (χ4n) is 3.34. The molecule has 0 fully saturated rings. The molecular weight excluding hydrogens is 473 g/mol. The Kier molecular flexibility index (Phi) is 11.2. The molecule has 7 nitrogen and oxygen atoms in total. The Labute approximate surface area is 207 Å². The van der Waals surface area contributed by atoms with E-state index in [0.29, 0.717) is 0 Å². The zero-order valence-corrected chi connectivity index (χ0v) is 20.2. The van der Waals surface area contributed by atoms with E-state index in [9.17, 15) is 18.0 Å². The maximum Gasteiger partial charge on any atom is 0.490 e. The van der Waals surface area contributed by atoms with Crippen molar-refractivity contribution in [1.29, 1.82) is 0 Å². The van der Waals surface area contributed by atoms with E-state index in [1.165, 1.54) is 27.7 Å². The molecule has 1 heterocycles. The predicted molar refractivity (Wildman–Crippen MR) is 134 cm³/mol. The summed E-state index contributed by atoms with van der Waals surface area (Å²) in [5, 5.41) is 12.0. The molecule has 3 aromatic rings. The molecule has 0 aliphatic heterocycles. The fraction of sp³-hybridized carbons (Fsp3) is 0.308. The van der Waals surface area contributed by atoms with Crippen molar-refractivity contribution in [2.24, 2.45) is 0 Å². The average molecular weight is 505 g/mol. The summed E-state index contributed by atoms with van der Waals surface area (Å²) in [6.07, 6.45) is 0.248. The van der Waals surface area contributed by atoms with Crippen LogP contribution >= 0.6 is 0 Å². The number of nitrogens with one attached hydrogen (secondary N) is 4. The van der Waals surface area contributed by atoms with E-state index < -0.39 is 12.1 Å². The standard InChI is InChI=1S/C24H30N4O.C2HF3O2/c1-3-15-26-28-24(29)13-12-19-8-10-20(11-9-19)17-25-16-14-21-18(2)27-23-7-5-4-6-22(21)23;3-2(4,5)1(6)7/h4-13,25-27H,3,14-17H2,1-2H3,(H,28,29);(H,6,7)/b13-12+;. The number of carbonyl (C=O) groups excluding carboxylic acids is 1. The van der Waals surface area contributed by atoms with Gasteiger partial charge in [-0.25, -0.2) is 10.2 Å². The van der Waals surface area contributed by atoms with Gasteiger partial charge in [0.1, 0.15) is 0 Å². The van der Waals surface area contributed by atoms with Crippen LogP contribution < -0.4 is 16.2 Å². The molecule has 10 heteroatoms. The number of carboxylic acids is 1. The number of aliphatic carboxylic acids is 1. The molecule has 0 saturated carbocycles. The maximum absolute atomic E-state index is 11.7. The highest BCUT2D eigenvalue weighted by atomic mass is 19.4. The monoisotopic (exact) mass is 504 g/mol. The number of aromatic amines is 1. The van der Waals surface area contributed by atoms with E-state index in [2.05, 4.69) is 71.4 Å². The average Bonchev–Trinajstić information content (AvgIpc) is 3.16. The quantitative estimate of drug-likeness (QED) is 0.159. The number of hydrazine groups is 1. The molecular formula is C26H31F3N4O3. The third-order valence-corrected chi connectivity index (χ3v) is 5.14. The van der Waals surface area contributed by atoms with Crippen LogP contribution in [0.5, 0.6) is 0 Å². The molecule has 0 saturated heterocycles. The number of halogens is 3. The van der Waals surface area contributed by atoms with Crippen LogP contribution in [0.15, 0.2) is 54.6 Å². The summed E-state index contributed by atoms with van der Waals surface area (Å²) in [5.41, 5.74) is 11.6. The second-order valence-corrected chi connectivity index (χ2v) is 7.99. The number of alkyl halides is 3. The van der Waals surface area contributed by atoms with E-state index in [0.717, 1.165) is 38.0 Å². The summed E-state index contributed by atoms with van der Waals surface area (Å²) in [6, 6.07) is 16.7. The smallest absolute Gasteiger partial charge is 0.475 e. The van der Waals surface area contributed by atoms with Crippen molar-refractivity contribution in [1.82, 2.24) is 21.2 Å². The first-order chi connectivity index (χ1) is 17.1. The number of carbonyl (C=O) groups is 2. The third kappa shape index (κ3) is 9.55. The highest BCUT2D eigenvalue weighted by molar-refractivity contribution is 5.91. The molecule has 2 aromatic carbocycles. The van der Waals surface area contributed by atoms with Crippen LogP contribution in [0, 0.1) is 6.92 Å². The van der Waals surface area contributed by atoms with Gasteiger partial charge in [-0.3, -0.25) is 10.2 Å². The summed E-state index contributed by atoms with van der Waals surface area (Å²) < 4.78 is 31.7. The van der Waals surface area contributed by atoms with Gasteiger partial charge < -0.3 is 15.4 Å². The zero-order chi connectivity index (χ0) is 26.6. The topological polar surface area (TPSA) is 106 Å². The summed E-state index contributed by atoms with van der Waals surface area (Å²) in [5.74, 6) is -2.90. The first kappa shape index (κ1) is 28.6. The summed E-state index contributed by atoms with van der Waals surface area (Å²) in [6.45, 7) is 6.71. The van der Waals surface area contributed by atoms with Gasteiger partial charge in [0.15, 0.2) is 0 Å². The lowest BCUT2D eigenvalue weighted by Gasteiger charge is -2.06. The van der Waals surface area contributed by atoms with E-state index in [4.69, 9.17) is 9.90 Å². The lowest BCUT2D eigenvalue weighted by molar-refractivity contribution is -0.192. The molecule has 194 valence electrons. The van der Waals surface area contributed by atoms with Crippen LogP contribution in [-0.4, -0.2) is 41.2 Å². The van der Waals surface area contributed by atoms with Crippen LogP contribution in [0.1, 0.15) is 35.7 Å². The van der Waals surface area contributed by atoms with Crippen molar-refractivity contribution in [3.8, 4) is 0 Å². The van der Waals surface area contributed by atoms with Gasteiger partial charge in [-0.2, -0.15) is 13.2 Å². The lowest BCUT2D eigenvalue weighted by atomic mass is 10.1. The number of fused-ring (bicyclic) bond motifs is 1.